The van der Waals surface area contributed by atoms with E-state index >= 15 is 0 Å². The topological polar surface area (TPSA) is 84.1 Å². The molecule has 4 rings (SSSR count). The largest absolute Gasteiger partial charge is 0.462 e. The molecule has 2 aromatic carbocycles. The van der Waals surface area contributed by atoms with E-state index in [1.807, 2.05) is 24.3 Å². The highest BCUT2D eigenvalue weighted by Gasteiger charge is 2.13. The number of esters is 1. The van der Waals surface area contributed by atoms with Crippen LogP contribution in [0.1, 0.15) is 27.8 Å². The Morgan fingerprint density at radius 2 is 1.93 bits per heavy atom. The summed E-state index contributed by atoms with van der Waals surface area (Å²) in [5, 5.41) is 4.72. The average molecular weight is 359 g/mol. The summed E-state index contributed by atoms with van der Waals surface area (Å²) in [7, 11) is 0. The zero-order valence-corrected chi connectivity index (χ0v) is 14.7. The molecule has 134 valence electrons. The standard InChI is InChI=1S/C21H17N3O3/c1-2-27-21(26)15-5-3-7-16(11-15)23-20(25)17-12-14-9-8-13-6-4-10-22-18(13)19(14)24-17/h3-12,24H,2H2,1H3,(H,23,25). The minimum atomic E-state index is -0.420. The third kappa shape index (κ3) is 3.25. The van der Waals surface area contributed by atoms with Gasteiger partial charge in [0.1, 0.15) is 5.69 Å². The molecule has 4 aromatic rings. The first-order valence-electron chi connectivity index (χ1n) is 8.60. The van der Waals surface area contributed by atoms with Gasteiger partial charge in [-0.05, 0) is 37.3 Å². The van der Waals surface area contributed by atoms with Crippen molar-refractivity contribution in [2.45, 2.75) is 6.92 Å². The smallest absolute Gasteiger partial charge is 0.338 e. The van der Waals surface area contributed by atoms with Crippen molar-refractivity contribution in [2.24, 2.45) is 0 Å². The van der Waals surface area contributed by atoms with Gasteiger partial charge in [-0.1, -0.05) is 24.3 Å². The van der Waals surface area contributed by atoms with Crippen molar-refractivity contribution in [1.82, 2.24) is 9.97 Å². The van der Waals surface area contributed by atoms with E-state index in [1.165, 1.54) is 0 Å². The minimum absolute atomic E-state index is 0.295. The highest BCUT2D eigenvalue weighted by atomic mass is 16.5. The SMILES string of the molecule is CCOC(=O)c1cccc(NC(=O)c2cc3ccc4cccnc4c3[nH]2)c1. The van der Waals surface area contributed by atoms with Gasteiger partial charge in [0.15, 0.2) is 0 Å². The van der Waals surface area contributed by atoms with Crippen LogP contribution in [0.4, 0.5) is 5.69 Å². The lowest BCUT2D eigenvalue weighted by atomic mass is 10.1. The summed E-state index contributed by atoms with van der Waals surface area (Å²) in [5.41, 5.74) is 2.97. The van der Waals surface area contributed by atoms with Gasteiger partial charge < -0.3 is 15.0 Å². The Hall–Kier alpha value is -3.67. The summed E-state index contributed by atoms with van der Waals surface area (Å²) in [4.78, 5) is 32.0. The fraction of sp³-hybridized carbons (Fsp3) is 0.0952. The molecule has 0 aliphatic heterocycles. The van der Waals surface area contributed by atoms with Crippen LogP contribution in [0.2, 0.25) is 0 Å². The molecule has 2 N–H and O–H groups in total. The summed E-state index contributed by atoms with van der Waals surface area (Å²) >= 11 is 0. The number of aromatic amines is 1. The highest BCUT2D eigenvalue weighted by Crippen LogP contribution is 2.24. The van der Waals surface area contributed by atoms with Crippen LogP contribution in [0, 0.1) is 0 Å². The third-order valence-corrected chi connectivity index (χ3v) is 4.24. The monoisotopic (exact) mass is 359 g/mol. The summed E-state index contributed by atoms with van der Waals surface area (Å²) in [5.74, 6) is -0.715. The molecule has 0 saturated carbocycles. The molecule has 0 saturated heterocycles. The van der Waals surface area contributed by atoms with Crippen LogP contribution in [-0.4, -0.2) is 28.5 Å². The van der Waals surface area contributed by atoms with Crippen LogP contribution in [0.5, 0.6) is 0 Å². The van der Waals surface area contributed by atoms with Gasteiger partial charge in [-0.3, -0.25) is 9.78 Å². The van der Waals surface area contributed by atoms with E-state index in [4.69, 9.17) is 4.74 Å². The summed E-state index contributed by atoms with van der Waals surface area (Å²) in [6, 6.07) is 16.2. The van der Waals surface area contributed by atoms with Gasteiger partial charge >= 0.3 is 5.97 Å². The number of benzene rings is 2. The van der Waals surface area contributed by atoms with Crippen molar-refractivity contribution in [1.29, 1.82) is 0 Å². The van der Waals surface area contributed by atoms with Gasteiger partial charge in [-0.15, -0.1) is 0 Å². The second-order valence-corrected chi connectivity index (χ2v) is 6.04. The molecule has 0 aliphatic rings. The Morgan fingerprint density at radius 1 is 1.07 bits per heavy atom. The van der Waals surface area contributed by atoms with E-state index in [0.717, 1.165) is 21.8 Å². The van der Waals surface area contributed by atoms with Crippen LogP contribution >= 0.6 is 0 Å². The fourth-order valence-corrected chi connectivity index (χ4v) is 3.00. The Morgan fingerprint density at radius 3 is 2.78 bits per heavy atom. The quantitative estimate of drug-likeness (QED) is 0.536. The lowest BCUT2D eigenvalue weighted by Crippen LogP contribution is -2.13. The van der Waals surface area contributed by atoms with Crippen molar-refractivity contribution in [3.8, 4) is 0 Å². The van der Waals surface area contributed by atoms with E-state index in [2.05, 4.69) is 15.3 Å². The van der Waals surface area contributed by atoms with Crippen molar-refractivity contribution in [2.75, 3.05) is 11.9 Å². The number of aromatic nitrogens is 2. The minimum Gasteiger partial charge on any atom is -0.462 e. The number of hydrogen-bond acceptors (Lipinski definition) is 4. The van der Waals surface area contributed by atoms with Gasteiger partial charge in [0.05, 0.1) is 23.2 Å². The molecular weight excluding hydrogens is 342 g/mol. The Kier molecular flexibility index (Phi) is 4.30. The number of carbonyl (C=O) groups is 2. The first-order valence-corrected chi connectivity index (χ1v) is 8.60. The van der Waals surface area contributed by atoms with Gasteiger partial charge in [-0.2, -0.15) is 0 Å². The molecule has 0 radical (unpaired) electrons. The molecule has 0 atom stereocenters. The van der Waals surface area contributed by atoms with E-state index in [0.29, 0.717) is 23.6 Å². The lowest BCUT2D eigenvalue weighted by molar-refractivity contribution is 0.0526. The van der Waals surface area contributed by atoms with Crippen LogP contribution in [0.25, 0.3) is 21.8 Å². The Balaban J connectivity index is 1.63. The Bertz CT molecular complexity index is 1160. The van der Waals surface area contributed by atoms with E-state index in [9.17, 15) is 9.59 Å². The molecule has 0 aliphatic carbocycles. The number of nitrogens with zero attached hydrogens (tertiary/aromatic N) is 1. The summed E-state index contributed by atoms with van der Waals surface area (Å²) in [6.07, 6.45) is 1.73. The lowest BCUT2D eigenvalue weighted by Gasteiger charge is -2.06. The third-order valence-electron chi connectivity index (χ3n) is 4.24. The van der Waals surface area contributed by atoms with Crippen molar-refractivity contribution < 1.29 is 14.3 Å². The molecule has 0 unspecified atom stereocenters. The average Bonchev–Trinajstić information content (AvgIpc) is 3.13. The molecule has 1 amide bonds. The second-order valence-electron chi connectivity index (χ2n) is 6.04. The summed E-state index contributed by atoms with van der Waals surface area (Å²) < 4.78 is 4.99. The van der Waals surface area contributed by atoms with Crippen LogP contribution in [0.3, 0.4) is 0 Å². The van der Waals surface area contributed by atoms with Crippen molar-refractivity contribution >= 4 is 39.4 Å². The zero-order valence-electron chi connectivity index (χ0n) is 14.7. The molecule has 0 spiro atoms. The van der Waals surface area contributed by atoms with Gasteiger partial charge in [0.25, 0.3) is 5.91 Å². The second kappa shape index (κ2) is 6.92. The first-order chi connectivity index (χ1) is 13.2. The first kappa shape index (κ1) is 16.8. The van der Waals surface area contributed by atoms with Crippen LogP contribution < -0.4 is 5.32 Å². The maximum Gasteiger partial charge on any atom is 0.338 e. The van der Waals surface area contributed by atoms with E-state index in [1.54, 1.807) is 43.5 Å². The Labute approximate surface area is 155 Å². The fourth-order valence-electron chi connectivity index (χ4n) is 3.00. The molecule has 27 heavy (non-hydrogen) atoms. The summed E-state index contributed by atoms with van der Waals surface area (Å²) in [6.45, 7) is 2.05. The number of carbonyl (C=O) groups excluding carboxylic acids is 2. The van der Waals surface area contributed by atoms with Gasteiger partial charge in [0, 0.05) is 22.7 Å². The van der Waals surface area contributed by atoms with Gasteiger partial charge in [-0.25, -0.2) is 4.79 Å². The maximum absolute atomic E-state index is 12.6. The van der Waals surface area contributed by atoms with Crippen molar-refractivity contribution in [3.63, 3.8) is 0 Å². The molecule has 6 nitrogen and oxygen atoms in total. The molecular formula is C21H17N3O3. The molecule has 2 heterocycles. The molecule has 0 fully saturated rings. The van der Waals surface area contributed by atoms with Crippen LogP contribution in [-0.2, 0) is 4.74 Å². The number of pyridine rings is 1. The number of nitrogens with one attached hydrogen (secondary N) is 2. The number of amides is 1. The van der Waals surface area contributed by atoms with Crippen LogP contribution in [0.15, 0.2) is 60.8 Å². The molecule has 6 heteroatoms. The number of fused-ring (bicyclic) bond motifs is 3. The molecule has 0 bridgehead atoms. The molecule has 2 aromatic heterocycles. The highest BCUT2D eigenvalue weighted by molar-refractivity contribution is 6.10. The van der Waals surface area contributed by atoms with E-state index in [-0.39, 0.29) is 5.91 Å². The number of hydrogen-bond donors (Lipinski definition) is 2. The number of anilines is 1. The van der Waals surface area contributed by atoms with Gasteiger partial charge in [0.2, 0.25) is 0 Å². The number of rotatable bonds is 4. The predicted molar refractivity (Wildman–Crippen MR) is 104 cm³/mol. The maximum atomic E-state index is 12.6. The normalized spacial score (nSPS) is 10.9. The number of ether oxygens (including phenoxy) is 1. The zero-order chi connectivity index (χ0) is 18.8. The van der Waals surface area contributed by atoms with E-state index < -0.39 is 5.97 Å². The predicted octanol–water partition coefficient (Wildman–Crippen LogP) is 4.15. The van der Waals surface area contributed by atoms with Crippen molar-refractivity contribution in [3.05, 3.63) is 72.1 Å². The number of H-pyrrole nitrogens is 1.